The number of pyridine rings is 1. The van der Waals surface area contributed by atoms with E-state index in [0.717, 1.165) is 16.9 Å². The van der Waals surface area contributed by atoms with Gasteiger partial charge >= 0.3 is 0 Å². The van der Waals surface area contributed by atoms with E-state index in [4.69, 9.17) is 4.74 Å². The molecule has 3 rings (SSSR count). The lowest BCUT2D eigenvalue weighted by Gasteiger charge is -2.11. The minimum absolute atomic E-state index is 0.116. The summed E-state index contributed by atoms with van der Waals surface area (Å²) in [5, 5.41) is 4.49. The van der Waals surface area contributed by atoms with Crippen molar-refractivity contribution in [1.82, 2.24) is 24.6 Å². The summed E-state index contributed by atoms with van der Waals surface area (Å²) in [6.45, 7) is 2.55. The second-order valence-corrected chi connectivity index (χ2v) is 5.30. The molecule has 3 aromatic heterocycles. The number of methoxy groups -OCH3 is 1. The first-order valence-corrected chi connectivity index (χ1v) is 7.63. The third-order valence-electron chi connectivity index (χ3n) is 3.82. The van der Waals surface area contributed by atoms with Gasteiger partial charge in [0.05, 0.1) is 24.7 Å². The van der Waals surface area contributed by atoms with Crippen molar-refractivity contribution in [3.63, 3.8) is 0 Å². The quantitative estimate of drug-likeness (QED) is 0.781. The van der Waals surface area contributed by atoms with Gasteiger partial charge in [-0.2, -0.15) is 5.10 Å². The van der Waals surface area contributed by atoms with Gasteiger partial charge in [-0.25, -0.2) is 9.67 Å². The van der Waals surface area contributed by atoms with E-state index in [9.17, 15) is 4.79 Å². The Balaban J connectivity index is 2.09. The lowest BCUT2D eigenvalue weighted by Crippen LogP contribution is -2.26. The van der Waals surface area contributed by atoms with Crippen LogP contribution in [0.3, 0.4) is 0 Å². The predicted octanol–water partition coefficient (Wildman–Crippen LogP) is 2.36. The second kappa shape index (κ2) is 6.57. The molecule has 124 valence electrons. The van der Waals surface area contributed by atoms with E-state index in [-0.39, 0.29) is 5.91 Å². The SMILES string of the molecule is CCN(C)C(=O)c1cc(-c2cc[nH]c2)n(-c2ccc(OC)nc2)n1. The van der Waals surface area contributed by atoms with Gasteiger partial charge in [-0.3, -0.25) is 4.79 Å². The number of H-pyrrole nitrogens is 1. The van der Waals surface area contributed by atoms with E-state index >= 15 is 0 Å². The Morgan fingerprint density at radius 2 is 2.21 bits per heavy atom. The van der Waals surface area contributed by atoms with Gasteiger partial charge in [0.15, 0.2) is 5.69 Å². The molecular weight excluding hydrogens is 306 g/mol. The lowest BCUT2D eigenvalue weighted by atomic mass is 10.2. The fourth-order valence-corrected chi connectivity index (χ4v) is 2.33. The normalized spacial score (nSPS) is 10.6. The third-order valence-corrected chi connectivity index (χ3v) is 3.82. The Kier molecular flexibility index (Phi) is 4.33. The van der Waals surface area contributed by atoms with Crippen molar-refractivity contribution in [1.29, 1.82) is 0 Å². The monoisotopic (exact) mass is 325 g/mol. The highest BCUT2D eigenvalue weighted by Gasteiger charge is 2.19. The molecule has 0 saturated heterocycles. The standard InChI is InChI=1S/C17H19N5O2/c1-4-21(2)17(23)14-9-15(12-7-8-18-10-12)22(20-14)13-5-6-16(24-3)19-11-13/h5-11,18H,4H2,1-3H3. The molecule has 3 heterocycles. The summed E-state index contributed by atoms with van der Waals surface area (Å²) in [5.41, 5.74) is 2.91. The summed E-state index contributed by atoms with van der Waals surface area (Å²) in [4.78, 5) is 21.3. The van der Waals surface area contributed by atoms with Gasteiger partial charge in [-0.1, -0.05) is 0 Å². The summed E-state index contributed by atoms with van der Waals surface area (Å²) >= 11 is 0. The molecule has 0 unspecified atom stereocenters. The highest BCUT2D eigenvalue weighted by atomic mass is 16.5. The van der Waals surface area contributed by atoms with Crippen LogP contribution in [0.1, 0.15) is 17.4 Å². The van der Waals surface area contributed by atoms with Gasteiger partial charge in [-0.15, -0.1) is 0 Å². The Labute approximate surface area is 139 Å². The number of carbonyl (C=O) groups excluding carboxylic acids is 1. The van der Waals surface area contributed by atoms with Crippen molar-refractivity contribution >= 4 is 5.91 Å². The number of aromatic amines is 1. The summed E-state index contributed by atoms with van der Waals surface area (Å²) < 4.78 is 6.81. The third kappa shape index (κ3) is 2.88. The van der Waals surface area contributed by atoms with E-state index in [1.54, 1.807) is 42.1 Å². The molecule has 0 atom stereocenters. The fourth-order valence-electron chi connectivity index (χ4n) is 2.33. The molecule has 1 amide bonds. The molecule has 0 radical (unpaired) electrons. The molecule has 0 aliphatic rings. The highest BCUT2D eigenvalue weighted by Crippen LogP contribution is 2.24. The summed E-state index contributed by atoms with van der Waals surface area (Å²) in [6, 6.07) is 7.34. The topological polar surface area (TPSA) is 76.0 Å². The molecule has 7 heteroatoms. The molecule has 1 N–H and O–H groups in total. The number of rotatable bonds is 5. The number of amides is 1. The molecule has 0 fully saturated rings. The van der Waals surface area contributed by atoms with Crippen LogP contribution >= 0.6 is 0 Å². The number of ether oxygens (including phenoxy) is 1. The van der Waals surface area contributed by atoms with Crippen molar-refractivity contribution in [2.75, 3.05) is 20.7 Å². The molecule has 0 aromatic carbocycles. The van der Waals surface area contributed by atoms with Gasteiger partial charge in [0.1, 0.15) is 0 Å². The van der Waals surface area contributed by atoms with Crippen LogP contribution in [-0.4, -0.2) is 51.3 Å². The highest BCUT2D eigenvalue weighted by molar-refractivity contribution is 5.93. The largest absolute Gasteiger partial charge is 0.481 e. The molecule has 24 heavy (non-hydrogen) atoms. The summed E-state index contributed by atoms with van der Waals surface area (Å²) in [7, 11) is 3.32. The van der Waals surface area contributed by atoms with Crippen molar-refractivity contribution in [3.8, 4) is 22.8 Å². The van der Waals surface area contributed by atoms with E-state index < -0.39 is 0 Å². The minimum atomic E-state index is -0.116. The van der Waals surface area contributed by atoms with Crippen LogP contribution in [0.4, 0.5) is 0 Å². The van der Waals surface area contributed by atoms with Crippen LogP contribution in [0.15, 0.2) is 42.9 Å². The van der Waals surface area contributed by atoms with Gasteiger partial charge < -0.3 is 14.6 Å². The molecule has 0 saturated carbocycles. The molecule has 0 aliphatic heterocycles. The smallest absolute Gasteiger partial charge is 0.274 e. The Morgan fingerprint density at radius 1 is 1.38 bits per heavy atom. The van der Waals surface area contributed by atoms with Gasteiger partial charge in [-0.05, 0) is 25.1 Å². The molecule has 0 aliphatic carbocycles. The number of hydrogen-bond acceptors (Lipinski definition) is 4. The zero-order chi connectivity index (χ0) is 17.1. The first kappa shape index (κ1) is 15.8. The number of hydrogen-bond donors (Lipinski definition) is 1. The first-order valence-electron chi connectivity index (χ1n) is 7.63. The van der Waals surface area contributed by atoms with Gasteiger partial charge in [0.25, 0.3) is 5.91 Å². The van der Waals surface area contributed by atoms with Gasteiger partial charge in [0, 0.05) is 37.6 Å². The second-order valence-electron chi connectivity index (χ2n) is 5.30. The minimum Gasteiger partial charge on any atom is -0.481 e. The Bertz CT molecular complexity index is 821. The molecular formula is C17H19N5O2. The fraction of sp³-hybridized carbons (Fsp3) is 0.235. The molecule has 0 spiro atoms. The zero-order valence-corrected chi connectivity index (χ0v) is 13.9. The first-order chi connectivity index (χ1) is 11.6. The van der Waals surface area contributed by atoms with Crippen LogP contribution in [0, 0.1) is 0 Å². The van der Waals surface area contributed by atoms with Crippen LogP contribution in [0.25, 0.3) is 16.9 Å². The van der Waals surface area contributed by atoms with E-state index in [2.05, 4.69) is 15.1 Å². The van der Waals surface area contributed by atoms with E-state index in [1.807, 2.05) is 31.5 Å². The number of nitrogens with zero attached hydrogens (tertiary/aromatic N) is 4. The molecule has 0 bridgehead atoms. The molecule has 7 nitrogen and oxygen atoms in total. The number of aromatic nitrogens is 4. The van der Waals surface area contributed by atoms with Crippen LogP contribution in [0.5, 0.6) is 5.88 Å². The van der Waals surface area contributed by atoms with Crippen molar-refractivity contribution < 1.29 is 9.53 Å². The summed E-state index contributed by atoms with van der Waals surface area (Å²) in [6.07, 6.45) is 5.36. The van der Waals surface area contributed by atoms with Crippen LogP contribution in [-0.2, 0) is 0 Å². The van der Waals surface area contributed by atoms with Crippen molar-refractivity contribution in [2.45, 2.75) is 6.92 Å². The predicted molar refractivity (Wildman–Crippen MR) is 90.3 cm³/mol. The van der Waals surface area contributed by atoms with E-state index in [0.29, 0.717) is 18.1 Å². The number of nitrogens with one attached hydrogen (secondary N) is 1. The average Bonchev–Trinajstić information content (AvgIpc) is 3.29. The Hall–Kier alpha value is -3.09. The maximum Gasteiger partial charge on any atom is 0.274 e. The summed E-state index contributed by atoms with van der Waals surface area (Å²) in [5.74, 6) is 0.408. The molecule has 3 aromatic rings. The lowest BCUT2D eigenvalue weighted by molar-refractivity contribution is 0.0796. The zero-order valence-electron chi connectivity index (χ0n) is 13.9. The maximum absolute atomic E-state index is 12.4. The number of carbonyl (C=O) groups is 1. The van der Waals surface area contributed by atoms with Crippen LogP contribution < -0.4 is 4.74 Å². The van der Waals surface area contributed by atoms with Gasteiger partial charge in [0.2, 0.25) is 5.88 Å². The van der Waals surface area contributed by atoms with Crippen molar-refractivity contribution in [2.24, 2.45) is 0 Å². The van der Waals surface area contributed by atoms with Crippen LogP contribution in [0.2, 0.25) is 0 Å². The van der Waals surface area contributed by atoms with Crippen molar-refractivity contribution in [3.05, 3.63) is 48.5 Å². The maximum atomic E-state index is 12.4. The van der Waals surface area contributed by atoms with E-state index in [1.165, 1.54) is 0 Å². The average molecular weight is 325 g/mol. The Morgan fingerprint density at radius 3 is 2.79 bits per heavy atom.